The molecular weight excluding hydrogens is 595 g/mol. The number of carbonyl (C=O) groups excluding carboxylic acids is 3. The number of aryl methyl sites for hydroxylation is 1. The average molecular weight is 630 g/mol. The van der Waals surface area contributed by atoms with Crippen LogP contribution < -0.4 is 16.4 Å². The summed E-state index contributed by atoms with van der Waals surface area (Å²) in [7, 11) is 0. The Labute approximate surface area is 259 Å². The van der Waals surface area contributed by atoms with Gasteiger partial charge < -0.3 is 26.4 Å². The lowest BCUT2D eigenvalue weighted by molar-refractivity contribution is -0.147. The molecule has 0 radical (unpaired) electrons. The summed E-state index contributed by atoms with van der Waals surface area (Å²) >= 11 is 13.8. The zero-order chi connectivity index (χ0) is 30.6. The van der Waals surface area contributed by atoms with Gasteiger partial charge in [-0.05, 0) is 68.1 Å². The zero-order valence-corrected chi connectivity index (χ0v) is 25.9. The van der Waals surface area contributed by atoms with Crippen LogP contribution in [-0.4, -0.2) is 56.5 Å². The summed E-state index contributed by atoms with van der Waals surface area (Å²) in [5, 5.41) is 17.8. The highest BCUT2D eigenvalue weighted by atomic mass is 35.5. The maximum Gasteiger partial charge on any atom is 0.254 e. The van der Waals surface area contributed by atoms with E-state index < -0.39 is 34.7 Å². The first-order chi connectivity index (χ1) is 19.9. The van der Waals surface area contributed by atoms with Gasteiger partial charge in [0.25, 0.3) is 11.8 Å². The smallest absolute Gasteiger partial charge is 0.254 e. The molecule has 3 atom stereocenters. The van der Waals surface area contributed by atoms with Gasteiger partial charge in [-0.25, -0.2) is 0 Å². The minimum atomic E-state index is -1.66. The van der Waals surface area contributed by atoms with Crippen LogP contribution in [0.1, 0.15) is 40.9 Å². The zero-order valence-electron chi connectivity index (χ0n) is 23.6. The van der Waals surface area contributed by atoms with Crippen molar-refractivity contribution in [1.82, 2.24) is 15.5 Å². The molecule has 0 bridgehead atoms. The number of nitrogens with two attached hydrogens (primary N) is 1. The number of aliphatic hydroxyl groups excluding tert-OH is 1. The van der Waals surface area contributed by atoms with Crippen LogP contribution in [0.2, 0.25) is 10.0 Å². The third-order valence-electron chi connectivity index (χ3n) is 7.38. The molecule has 8 nitrogen and oxygen atoms in total. The Balaban J connectivity index is 1.57. The van der Waals surface area contributed by atoms with Gasteiger partial charge >= 0.3 is 0 Å². The van der Waals surface area contributed by atoms with Crippen LogP contribution >= 0.6 is 35.0 Å². The van der Waals surface area contributed by atoms with Crippen LogP contribution in [0.3, 0.4) is 0 Å². The van der Waals surface area contributed by atoms with E-state index in [1.807, 2.05) is 45.0 Å². The Kier molecular flexibility index (Phi) is 10.1. The van der Waals surface area contributed by atoms with E-state index in [1.165, 1.54) is 22.7 Å². The number of hydrogen-bond acceptors (Lipinski definition) is 6. The van der Waals surface area contributed by atoms with Crippen LogP contribution in [0.4, 0.5) is 5.69 Å². The van der Waals surface area contributed by atoms with Gasteiger partial charge in [-0.2, -0.15) is 0 Å². The Hall–Kier alpha value is -3.24. The van der Waals surface area contributed by atoms with Crippen LogP contribution in [0.25, 0.3) is 0 Å². The molecule has 3 aromatic rings. The number of aliphatic hydroxyl groups is 1. The van der Waals surface area contributed by atoms with Crippen LogP contribution in [-0.2, 0) is 22.6 Å². The van der Waals surface area contributed by atoms with Gasteiger partial charge in [0.05, 0.1) is 28.2 Å². The summed E-state index contributed by atoms with van der Waals surface area (Å²) in [5.41, 5.74) is 8.97. The highest BCUT2D eigenvalue weighted by Crippen LogP contribution is 2.40. The summed E-state index contributed by atoms with van der Waals surface area (Å²) < 4.78 is -0.616. The molecule has 1 saturated heterocycles. The van der Waals surface area contributed by atoms with Gasteiger partial charge in [-0.3, -0.25) is 14.4 Å². The Morgan fingerprint density at radius 3 is 2.45 bits per heavy atom. The molecule has 222 valence electrons. The molecule has 0 aliphatic carbocycles. The largest absolute Gasteiger partial charge is 0.398 e. The molecule has 0 aromatic heterocycles. The van der Waals surface area contributed by atoms with Crippen molar-refractivity contribution in [3.8, 4) is 0 Å². The first-order valence-corrected chi connectivity index (χ1v) is 15.2. The van der Waals surface area contributed by atoms with Crippen LogP contribution in [0.15, 0.2) is 66.7 Å². The minimum absolute atomic E-state index is 0.0733. The van der Waals surface area contributed by atoms with Gasteiger partial charge in [0.2, 0.25) is 5.91 Å². The fourth-order valence-electron chi connectivity index (χ4n) is 4.93. The lowest BCUT2D eigenvalue weighted by Gasteiger charge is -2.33. The fourth-order valence-corrected chi connectivity index (χ4v) is 6.41. The molecule has 1 aliphatic rings. The number of rotatable bonds is 9. The second-order valence-corrected chi connectivity index (χ2v) is 13.2. The molecule has 1 unspecified atom stereocenters. The van der Waals surface area contributed by atoms with Crippen molar-refractivity contribution in [2.75, 3.05) is 11.6 Å². The minimum Gasteiger partial charge on any atom is -0.398 e. The number of thioether (sulfide) groups is 1. The molecule has 11 heteroatoms. The number of carbonyl (C=O) groups is 3. The van der Waals surface area contributed by atoms with E-state index in [2.05, 4.69) is 10.6 Å². The van der Waals surface area contributed by atoms with Crippen molar-refractivity contribution in [3.05, 3.63) is 99.0 Å². The van der Waals surface area contributed by atoms with Crippen molar-refractivity contribution in [1.29, 1.82) is 0 Å². The van der Waals surface area contributed by atoms with Gasteiger partial charge in [0.15, 0.2) is 6.10 Å². The van der Waals surface area contributed by atoms with Crippen molar-refractivity contribution in [3.63, 3.8) is 0 Å². The summed E-state index contributed by atoms with van der Waals surface area (Å²) in [5.74, 6) is -1.38. The first kappa shape index (κ1) is 31.7. The number of nitrogens with one attached hydrogen (secondary N) is 2. The normalized spacial score (nSPS) is 17.4. The summed E-state index contributed by atoms with van der Waals surface area (Å²) in [6, 6.07) is 17.4. The van der Waals surface area contributed by atoms with Gasteiger partial charge in [0.1, 0.15) is 6.04 Å². The molecule has 0 saturated carbocycles. The maximum atomic E-state index is 13.9. The van der Waals surface area contributed by atoms with Crippen molar-refractivity contribution in [2.24, 2.45) is 0 Å². The van der Waals surface area contributed by atoms with E-state index in [-0.39, 0.29) is 34.5 Å². The first-order valence-electron chi connectivity index (χ1n) is 13.4. The number of nitrogens with zero attached hydrogens (tertiary/aromatic N) is 1. The Morgan fingerprint density at radius 2 is 1.76 bits per heavy atom. The van der Waals surface area contributed by atoms with Gasteiger partial charge in [0, 0.05) is 16.3 Å². The van der Waals surface area contributed by atoms with E-state index in [0.29, 0.717) is 11.6 Å². The summed E-state index contributed by atoms with van der Waals surface area (Å²) in [6.45, 7) is 6.06. The van der Waals surface area contributed by atoms with Crippen LogP contribution in [0.5, 0.6) is 0 Å². The van der Waals surface area contributed by atoms with Gasteiger partial charge in [-0.1, -0.05) is 65.7 Å². The lowest BCUT2D eigenvalue weighted by atomic mass is 9.96. The number of hydrogen-bond donors (Lipinski definition) is 4. The summed E-state index contributed by atoms with van der Waals surface area (Å²) in [6.07, 6.45) is -1.55. The van der Waals surface area contributed by atoms with E-state index >= 15 is 0 Å². The molecule has 42 heavy (non-hydrogen) atoms. The molecular formula is C31H34Cl2N4O4S. The topological polar surface area (TPSA) is 125 Å². The lowest BCUT2D eigenvalue weighted by Crippen LogP contribution is -2.58. The van der Waals surface area contributed by atoms with Crippen molar-refractivity contribution < 1.29 is 19.5 Å². The standard InChI is InChI=1S/C31H34Cl2N4O4S/c1-18-7-4-5-8-20(18)16-35-29(40)27-31(2,3)42-17-37(27)30(41)26(38)24(15-19-11-13-21(32)14-12-19)36-28(39)22-9-6-10-23(34)25(22)33/h4-14,24,26-27,38H,15-17,34H2,1-3H3,(H,35,40)(H,36,39)/t24-,26-,27?/m0/s1. The predicted octanol–water partition coefficient (Wildman–Crippen LogP) is 4.58. The molecule has 5 N–H and O–H groups in total. The number of benzene rings is 3. The number of anilines is 1. The van der Waals surface area contributed by atoms with Crippen molar-refractivity contribution >= 4 is 58.4 Å². The highest BCUT2D eigenvalue weighted by Gasteiger charge is 2.49. The molecule has 1 aliphatic heterocycles. The third-order valence-corrected chi connectivity index (χ3v) is 9.43. The highest BCUT2D eigenvalue weighted by molar-refractivity contribution is 8.00. The second-order valence-electron chi connectivity index (χ2n) is 10.8. The molecule has 3 amide bonds. The van der Waals surface area contributed by atoms with E-state index in [1.54, 1.807) is 36.4 Å². The van der Waals surface area contributed by atoms with Gasteiger partial charge in [-0.15, -0.1) is 11.8 Å². The Bertz CT molecular complexity index is 1470. The maximum absolute atomic E-state index is 13.9. The quantitative estimate of drug-likeness (QED) is 0.257. The number of halogens is 2. The summed E-state index contributed by atoms with van der Waals surface area (Å²) in [4.78, 5) is 42.0. The fraction of sp³-hybridized carbons (Fsp3) is 0.323. The molecule has 1 fully saturated rings. The third kappa shape index (κ3) is 7.21. The Morgan fingerprint density at radius 1 is 1.07 bits per heavy atom. The molecule has 4 rings (SSSR count). The molecule has 1 heterocycles. The van der Waals surface area contributed by atoms with E-state index in [0.717, 1.165) is 16.7 Å². The SMILES string of the molecule is Cc1ccccc1CNC(=O)C1N(C(=O)[C@@H](O)[C@H](Cc2ccc(Cl)cc2)NC(=O)c2cccc(N)c2Cl)CSC1(C)C. The number of nitrogen functional groups attached to an aromatic ring is 1. The average Bonchev–Trinajstić information content (AvgIpc) is 3.28. The monoisotopic (exact) mass is 628 g/mol. The predicted molar refractivity (Wildman–Crippen MR) is 168 cm³/mol. The number of amides is 3. The van der Waals surface area contributed by atoms with Crippen molar-refractivity contribution in [2.45, 2.75) is 56.7 Å². The molecule has 0 spiro atoms. The van der Waals surface area contributed by atoms with E-state index in [9.17, 15) is 19.5 Å². The second kappa shape index (κ2) is 13.4. The van der Waals surface area contributed by atoms with E-state index in [4.69, 9.17) is 28.9 Å². The molecule has 3 aromatic carbocycles. The van der Waals surface area contributed by atoms with Crippen LogP contribution in [0, 0.1) is 6.92 Å².